The first-order valence-electron chi connectivity index (χ1n) is 7.03. The van der Waals surface area contributed by atoms with E-state index in [0.717, 1.165) is 24.5 Å². The Bertz CT molecular complexity index is 427. The molecule has 0 aromatic carbocycles. The molecule has 8 heteroatoms. The minimum atomic E-state index is 0. The van der Waals surface area contributed by atoms with E-state index in [-0.39, 0.29) is 36.8 Å². The summed E-state index contributed by atoms with van der Waals surface area (Å²) in [6.45, 7) is 8.85. The average Bonchev–Trinajstić information content (AvgIpc) is 2.73. The van der Waals surface area contributed by atoms with Gasteiger partial charge in [0.05, 0.1) is 18.3 Å². The van der Waals surface area contributed by atoms with E-state index < -0.39 is 0 Å². The number of amides is 1. The van der Waals surface area contributed by atoms with Gasteiger partial charge >= 0.3 is 0 Å². The molecule has 1 aromatic rings. The lowest BCUT2D eigenvalue weighted by Gasteiger charge is -2.14. The van der Waals surface area contributed by atoms with Crippen LogP contribution in [0.25, 0.3) is 0 Å². The van der Waals surface area contributed by atoms with Gasteiger partial charge in [-0.15, -0.1) is 24.8 Å². The highest BCUT2D eigenvalue weighted by Gasteiger charge is 2.13. The minimum absolute atomic E-state index is 0. The quantitative estimate of drug-likeness (QED) is 0.661. The van der Waals surface area contributed by atoms with Crippen LogP contribution in [-0.4, -0.2) is 49.0 Å². The van der Waals surface area contributed by atoms with Crippen LogP contribution in [-0.2, 0) is 9.53 Å². The number of methoxy groups -OCH3 is 1. The zero-order valence-corrected chi connectivity index (χ0v) is 15.4. The molecule has 0 aliphatic rings. The summed E-state index contributed by atoms with van der Waals surface area (Å²) in [7, 11) is 1.67. The second-order valence-electron chi connectivity index (χ2n) is 5.02. The Labute approximate surface area is 145 Å². The number of nitrogens with one attached hydrogen (secondary N) is 2. The molecule has 1 unspecified atom stereocenters. The number of hydrogen-bond acceptors (Lipinski definition) is 4. The van der Waals surface area contributed by atoms with Crippen LogP contribution in [0.3, 0.4) is 0 Å². The Morgan fingerprint density at radius 3 is 2.55 bits per heavy atom. The lowest BCUT2D eigenvalue weighted by molar-refractivity contribution is -0.121. The molecule has 0 saturated carbocycles. The number of aromatic nitrogens is 2. The molecule has 0 radical (unpaired) electrons. The number of carbonyl (C=O) groups is 1. The van der Waals surface area contributed by atoms with Gasteiger partial charge in [0.25, 0.3) is 0 Å². The van der Waals surface area contributed by atoms with E-state index in [4.69, 9.17) is 4.74 Å². The zero-order valence-electron chi connectivity index (χ0n) is 13.7. The molecule has 0 saturated heterocycles. The van der Waals surface area contributed by atoms with Gasteiger partial charge in [-0.25, -0.2) is 0 Å². The Morgan fingerprint density at radius 2 is 2.00 bits per heavy atom. The van der Waals surface area contributed by atoms with Gasteiger partial charge in [0.2, 0.25) is 5.91 Å². The zero-order chi connectivity index (χ0) is 15.0. The normalized spacial score (nSPS) is 11.3. The van der Waals surface area contributed by atoms with E-state index in [1.807, 2.05) is 31.5 Å². The van der Waals surface area contributed by atoms with E-state index in [1.165, 1.54) is 0 Å². The SMILES string of the molecule is COCCNCCNC(=O)CC(C)n1nc(C)cc1C.Cl.Cl. The molecule has 0 fully saturated rings. The molecule has 0 spiro atoms. The van der Waals surface area contributed by atoms with Crippen molar-refractivity contribution in [1.29, 1.82) is 0 Å². The summed E-state index contributed by atoms with van der Waals surface area (Å²) in [5.74, 6) is 0.0543. The molecule has 1 amide bonds. The number of carbonyl (C=O) groups excluding carboxylic acids is 1. The van der Waals surface area contributed by atoms with Crippen molar-refractivity contribution in [2.75, 3.05) is 33.4 Å². The summed E-state index contributed by atoms with van der Waals surface area (Å²) in [5, 5.41) is 10.5. The highest BCUT2D eigenvalue weighted by molar-refractivity contribution is 5.85. The van der Waals surface area contributed by atoms with E-state index in [1.54, 1.807) is 7.11 Å². The molecule has 6 nitrogen and oxygen atoms in total. The van der Waals surface area contributed by atoms with Gasteiger partial charge in [-0.1, -0.05) is 0 Å². The van der Waals surface area contributed by atoms with Gasteiger partial charge in [0.1, 0.15) is 0 Å². The highest BCUT2D eigenvalue weighted by atomic mass is 35.5. The average molecular weight is 355 g/mol. The molecule has 130 valence electrons. The fourth-order valence-electron chi connectivity index (χ4n) is 2.11. The van der Waals surface area contributed by atoms with Gasteiger partial charge in [-0.05, 0) is 26.8 Å². The predicted molar refractivity (Wildman–Crippen MR) is 93.3 cm³/mol. The molecule has 1 atom stereocenters. The number of hydrogen-bond donors (Lipinski definition) is 2. The van der Waals surface area contributed by atoms with Crippen LogP contribution < -0.4 is 10.6 Å². The van der Waals surface area contributed by atoms with Crippen LogP contribution in [0.1, 0.15) is 30.8 Å². The third kappa shape index (κ3) is 8.58. The Morgan fingerprint density at radius 1 is 1.32 bits per heavy atom. The van der Waals surface area contributed by atoms with Crippen molar-refractivity contribution < 1.29 is 9.53 Å². The lowest BCUT2D eigenvalue weighted by atomic mass is 10.2. The van der Waals surface area contributed by atoms with Crippen molar-refractivity contribution in [2.45, 2.75) is 33.2 Å². The molecule has 1 rings (SSSR count). The maximum Gasteiger partial charge on any atom is 0.222 e. The van der Waals surface area contributed by atoms with Crippen molar-refractivity contribution in [3.8, 4) is 0 Å². The molecule has 2 N–H and O–H groups in total. The van der Waals surface area contributed by atoms with Crippen molar-refractivity contribution in [1.82, 2.24) is 20.4 Å². The predicted octanol–water partition coefficient (Wildman–Crippen LogP) is 1.65. The first-order chi connectivity index (χ1) is 9.54. The van der Waals surface area contributed by atoms with Gasteiger partial charge in [0, 0.05) is 38.9 Å². The molecular formula is C14H28Cl2N4O2. The minimum Gasteiger partial charge on any atom is -0.383 e. The molecule has 0 aliphatic carbocycles. The lowest BCUT2D eigenvalue weighted by Crippen LogP contribution is -2.34. The third-order valence-corrected chi connectivity index (χ3v) is 3.05. The second kappa shape index (κ2) is 12.7. The van der Waals surface area contributed by atoms with Crippen LogP contribution in [0.4, 0.5) is 0 Å². The molecule has 22 heavy (non-hydrogen) atoms. The topological polar surface area (TPSA) is 68.2 Å². The fourth-order valence-corrected chi connectivity index (χ4v) is 2.11. The first kappa shape index (κ1) is 23.4. The van der Waals surface area contributed by atoms with Crippen molar-refractivity contribution >= 4 is 30.7 Å². The van der Waals surface area contributed by atoms with E-state index >= 15 is 0 Å². The van der Waals surface area contributed by atoms with E-state index in [2.05, 4.69) is 15.7 Å². The first-order valence-corrected chi connectivity index (χ1v) is 7.03. The standard InChI is InChI=1S/C14H26N4O2.2ClH/c1-11-9-12(2)18(17-11)13(3)10-14(19)16-6-5-15-7-8-20-4;;/h9,13,15H,5-8,10H2,1-4H3,(H,16,19);2*1H. The summed E-state index contributed by atoms with van der Waals surface area (Å²) in [5.41, 5.74) is 2.07. The van der Waals surface area contributed by atoms with E-state index in [9.17, 15) is 4.79 Å². The van der Waals surface area contributed by atoms with E-state index in [0.29, 0.717) is 19.6 Å². The molecule has 0 aliphatic heterocycles. The molecular weight excluding hydrogens is 327 g/mol. The maximum atomic E-state index is 11.8. The largest absolute Gasteiger partial charge is 0.383 e. The molecule has 1 heterocycles. The van der Waals surface area contributed by atoms with Crippen molar-refractivity contribution in [2.24, 2.45) is 0 Å². The maximum absolute atomic E-state index is 11.8. The third-order valence-electron chi connectivity index (χ3n) is 3.05. The molecule has 0 bridgehead atoms. The summed E-state index contributed by atoms with van der Waals surface area (Å²) in [6, 6.07) is 2.10. The van der Waals surface area contributed by atoms with Gasteiger partial charge in [0.15, 0.2) is 0 Å². The second-order valence-corrected chi connectivity index (χ2v) is 5.02. The van der Waals surface area contributed by atoms with Crippen LogP contribution in [0, 0.1) is 13.8 Å². The van der Waals surface area contributed by atoms with Crippen LogP contribution in [0.2, 0.25) is 0 Å². The Kier molecular flexibility index (Phi) is 13.5. The van der Waals surface area contributed by atoms with Gasteiger partial charge in [-0.3, -0.25) is 9.48 Å². The van der Waals surface area contributed by atoms with Gasteiger partial charge < -0.3 is 15.4 Å². The summed E-state index contributed by atoms with van der Waals surface area (Å²) in [6.07, 6.45) is 0.444. The number of nitrogens with zero attached hydrogens (tertiary/aromatic N) is 2. The van der Waals surface area contributed by atoms with Crippen LogP contribution >= 0.6 is 24.8 Å². The van der Waals surface area contributed by atoms with Crippen LogP contribution in [0.5, 0.6) is 0 Å². The number of rotatable bonds is 9. The number of ether oxygens (including phenoxy) is 1. The smallest absolute Gasteiger partial charge is 0.222 e. The summed E-state index contributed by atoms with van der Waals surface area (Å²) >= 11 is 0. The van der Waals surface area contributed by atoms with Crippen molar-refractivity contribution in [3.63, 3.8) is 0 Å². The van der Waals surface area contributed by atoms with Crippen LogP contribution in [0.15, 0.2) is 6.07 Å². The van der Waals surface area contributed by atoms with Gasteiger partial charge in [-0.2, -0.15) is 5.10 Å². The summed E-state index contributed by atoms with van der Waals surface area (Å²) in [4.78, 5) is 11.8. The van der Waals surface area contributed by atoms with Crippen molar-refractivity contribution in [3.05, 3.63) is 17.5 Å². The Hall–Kier alpha value is -0.820. The Balaban J connectivity index is 0. The monoisotopic (exact) mass is 354 g/mol. The number of halogens is 2. The molecule has 1 aromatic heterocycles. The highest BCUT2D eigenvalue weighted by Crippen LogP contribution is 2.13. The fraction of sp³-hybridized carbons (Fsp3) is 0.714. The summed E-state index contributed by atoms with van der Waals surface area (Å²) < 4.78 is 6.83. The number of aryl methyl sites for hydroxylation is 2.